The number of unbranched alkanes of at least 4 members (excludes halogenated alkanes) is 1. The lowest BCUT2D eigenvalue weighted by Gasteiger charge is -2.16. The lowest BCUT2D eigenvalue weighted by Crippen LogP contribution is -2.10. The number of rotatable bonds is 9. The van der Waals surface area contributed by atoms with Crippen molar-refractivity contribution >= 4 is 5.82 Å². The van der Waals surface area contributed by atoms with Crippen LogP contribution in [0.15, 0.2) is 19.0 Å². The second kappa shape index (κ2) is 8.51. The van der Waals surface area contributed by atoms with Crippen LogP contribution in [0.25, 0.3) is 0 Å². The van der Waals surface area contributed by atoms with Crippen LogP contribution in [0.1, 0.15) is 51.5 Å². The van der Waals surface area contributed by atoms with E-state index in [1.54, 1.807) is 6.33 Å². The number of nitrogens with one attached hydrogen (secondary N) is 1. The van der Waals surface area contributed by atoms with Crippen LogP contribution < -0.4 is 10.1 Å². The molecule has 0 radical (unpaired) electrons. The van der Waals surface area contributed by atoms with Crippen molar-refractivity contribution in [2.45, 2.75) is 46.0 Å². The summed E-state index contributed by atoms with van der Waals surface area (Å²) in [6, 6.07) is 0. The molecular weight excluding hydrogens is 238 g/mol. The molecule has 0 aliphatic carbocycles. The molecule has 0 aromatic carbocycles. The van der Waals surface area contributed by atoms with Crippen LogP contribution in [0, 0.1) is 0 Å². The fourth-order valence-corrected chi connectivity index (χ4v) is 1.80. The van der Waals surface area contributed by atoms with Crippen LogP contribution >= 0.6 is 0 Å². The third kappa shape index (κ3) is 4.89. The van der Waals surface area contributed by atoms with Gasteiger partial charge in [-0.2, -0.15) is 0 Å². The zero-order valence-electron chi connectivity index (χ0n) is 12.3. The number of aromatic nitrogens is 2. The van der Waals surface area contributed by atoms with Crippen molar-refractivity contribution in [1.82, 2.24) is 9.97 Å². The quantitative estimate of drug-likeness (QED) is 0.544. The summed E-state index contributed by atoms with van der Waals surface area (Å²) in [5.41, 5.74) is 1.06. The van der Waals surface area contributed by atoms with Gasteiger partial charge in [0.15, 0.2) is 0 Å². The topological polar surface area (TPSA) is 47.0 Å². The summed E-state index contributed by atoms with van der Waals surface area (Å²) in [6.07, 6.45) is 6.45. The molecule has 0 saturated carbocycles. The Hall–Kier alpha value is -1.58. The van der Waals surface area contributed by atoms with E-state index in [2.05, 4.69) is 42.6 Å². The minimum Gasteiger partial charge on any atom is -0.477 e. The molecule has 1 aromatic rings. The van der Waals surface area contributed by atoms with E-state index in [0.717, 1.165) is 37.2 Å². The third-order valence-corrected chi connectivity index (χ3v) is 2.76. The highest BCUT2D eigenvalue weighted by molar-refractivity contribution is 5.50. The Balaban J connectivity index is 2.80. The summed E-state index contributed by atoms with van der Waals surface area (Å²) in [6.45, 7) is 11.7. The molecule has 19 heavy (non-hydrogen) atoms. The Kier molecular flexibility index (Phi) is 6.93. The summed E-state index contributed by atoms with van der Waals surface area (Å²) in [7, 11) is 0. The van der Waals surface area contributed by atoms with Crippen LogP contribution in [0.3, 0.4) is 0 Å². The predicted octanol–water partition coefficient (Wildman–Crippen LogP) is 3.77. The average Bonchev–Trinajstić information content (AvgIpc) is 2.41. The van der Waals surface area contributed by atoms with E-state index in [1.165, 1.54) is 0 Å². The summed E-state index contributed by atoms with van der Waals surface area (Å²) < 4.78 is 5.78. The Labute approximate surface area is 116 Å². The van der Waals surface area contributed by atoms with E-state index in [9.17, 15) is 0 Å². The summed E-state index contributed by atoms with van der Waals surface area (Å²) in [5, 5.41) is 3.34. The standard InChI is InChI=1S/C15H25N3O/c1-5-7-8-10-19-15-13(12(3)4)14(16-9-6-2)17-11-18-15/h5,11-12H,1,6-10H2,2-4H3,(H,16,17,18). The maximum Gasteiger partial charge on any atom is 0.222 e. The molecule has 0 aliphatic rings. The molecule has 0 spiro atoms. The number of allylic oxidation sites excluding steroid dienone is 1. The highest BCUT2D eigenvalue weighted by Crippen LogP contribution is 2.30. The predicted molar refractivity (Wildman–Crippen MR) is 79.8 cm³/mol. The smallest absolute Gasteiger partial charge is 0.222 e. The Morgan fingerprint density at radius 2 is 2.21 bits per heavy atom. The molecule has 4 heteroatoms. The number of anilines is 1. The van der Waals surface area contributed by atoms with E-state index in [1.807, 2.05) is 6.08 Å². The third-order valence-electron chi connectivity index (χ3n) is 2.76. The number of hydrogen-bond donors (Lipinski definition) is 1. The Morgan fingerprint density at radius 1 is 1.42 bits per heavy atom. The Morgan fingerprint density at radius 3 is 2.84 bits per heavy atom. The molecule has 106 valence electrons. The van der Waals surface area contributed by atoms with Crippen molar-refractivity contribution < 1.29 is 4.74 Å². The number of nitrogens with zero attached hydrogens (tertiary/aromatic N) is 2. The average molecular weight is 263 g/mol. The van der Waals surface area contributed by atoms with Gasteiger partial charge in [-0.3, -0.25) is 0 Å². The van der Waals surface area contributed by atoms with Crippen LogP contribution in [0.4, 0.5) is 5.82 Å². The first-order valence-electron chi connectivity index (χ1n) is 7.03. The largest absolute Gasteiger partial charge is 0.477 e. The molecule has 0 saturated heterocycles. The van der Waals surface area contributed by atoms with Crippen LogP contribution in [-0.4, -0.2) is 23.1 Å². The molecule has 0 fully saturated rings. The highest BCUT2D eigenvalue weighted by Gasteiger charge is 2.15. The van der Waals surface area contributed by atoms with Gasteiger partial charge in [-0.15, -0.1) is 6.58 Å². The van der Waals surface area contributed by atoms with E-state index in [4.69, 9.17) is 4.74 Å². The van der Waals surface area contributed by atoms with Gasteiger partial charge in [0.25, 0.3) is 0 Å². The van der Waals surface area contributed by atoms with Crippen LogP contribution in [-0.2, 0) is 0 Å². The summed E-state index contributed by atoms with van der Waals surface area (Å²) in [4.78, 5) is 8.59. The van der Waals surface area contributed by atoms with Gasteiger partial charge in [0.05, 0.1) is 12.2 Å². The molecule has 0 unspecified atom stereocenters. The maximum absolute atomic E-state index is 5.78. The monoisotopic (exact) mass is 263 g/mol. The molecule has 0 atom stereocenters. The van der Waals surface area contributed by atoms with Gasteiger partial charge in [-0.05, 0) is 25.2 Å². The van der Waals surface area contributed by atoms with Crippen molar-refractivity contribution in [3.8, 4) is 5.88 Å². The van der Waals surface area contributed by atoms with Gasteiger partial charge in [-0.1, -0.05) is 26.8 Å². The van der Waals surface area contributed by atoms with Crippen LogP contribution in [0.2, 0.25) is 0 Å². The SMILES string of the molecule is C=CCCCOc1ncnc(NCCC)c1C(C)C. The second-order valence-electron chi connectivity index (χ2n) is 4.80. The van der Waals surface area contributed by atoms with Crippen molar-refractivity contribution in [3.63, 3.8) is 0 Å². The van der Waals surface area contributed by atoms with E-state index in [-0.39, 0.29) is 0 Å². The number of ether oxygens (including phenoxy) is 1. The normalized spacial score (nSPS) is 10.5. The van der Waals surface area contributed by atoms with Gasteiger partial charge in [-0.25, -0.2) is 9.97 Å². The van der Waals surface area contributed by atoms with Crippen molar-refractivity contribution in [2.75, 3.05) is 18.5 Å². The lowest BCUT2D eigenvalue weighted by atomic mass is 10.1. The molecule has 1 aromatic heterocycles. The molecule has 4 nitrogen and oxygen atoms in total. The molecule has 1 heterocycles. The summed E-state index contributed by atoms with van der Waals surface area (Å²) >= 11 is 0. The lowest BCUT2D eigenvalue weighted by molar-refractivity contribution is 0.295. The van der Waals surface area contributed by atoms with Crippen LogP contribution in [0.5, 0.6) is 5.88 Å². The molecule has 1 rings (SSSR count). The minimum atomic E-state index is 0.329. The van der Waals surface area contributed by atoms with Gasteiger partial charge >= 0.3 is 0 Å². The molecule has 1 N–H and O–H groups in total. The zero-order chi connectivity index (χ0) is 14.1. The van der Waals surface area contributed by atoms with Crippen molar-refractivity contribution in [3.05, 3.63) is 24.5 Å². The first-order valence-corrected chi connectivity index (χ1v) is 7.03. The van der Waals surface area contributed by atoms with Gasteiger partial charge in [0.1, 0.15) is 12.1 Å². The Bertz CT molecular complexity index is 391. The van der Waals surface area contributed by atoms with E-state index >= 15 is 0 Å². The van der Waals surface area contributed by atoms with E-state index < -0.39 is 0 Å². The maximum atomic E-state index is 5.78. The molecule has 0 amide bonds. The first kappa shape index (κ1) is 15.5. The first-order chi connectivity index (χ1) is 9.20. The molecule has 0 aliphatic heterocycles. The number of hydrogen-bond acceptors (Lipinski definition) is 4. The van der Waals surface area contributed by atoms with Crippen molar-refractivity contribution in [2.24, 2.45) is 0 Å². The zero-order valence-corrected chi connectivity index (χ0v) is 12.3. The summed E-state index contributed by atoms with van der Waals surface area (Å²) in [5.74, 6) is 1.92. The van der Waals surface area contributed by atoms with E-state index in [0.29, 0.717) is 18.4 Å². The minimum absolute atomic E-state index is 0.329. The fraction of sp³-hybridized carbons (Fsp3) is 0.600. The highest BCUT2D eigenvalue weighted by atomic mass is 16.5. The molecular formula is C15H25N3O. The van der Waals surface area contributed by atoms with Gasteiger partial charge in [0, 0.05) is 6.54 Å². The second-order valence-corrected chi connectivity index (χ2v) is 4.80. The van der Waals surface area contributed by atoms with Gasteiger partial charge in [0.2, 0.25) is 5.88 Å². The van der Waals surface area contributed by atoms with Crippen molar-refractivity contribution in [1.29, 1.82) is 0 Å². The van der Waals surface area contributed by atoms with Gasteiger partial charge < -0.3 is 10.1 Å². The fourth-order valence-electron chi connectivity index (χ4n) is 1.80. The molecule has 0 bridgehead atoms.